The highest BCUT2D eigenvalue weighted by molar-refractivity contribution is 5.86. The highest BCUT2D eigenvalue weighted by Crippen LogP contribution is 2.68. The summed E-state index contributed by atoms with van der Waals surface area (Å²) in [4.78, 5) is 13.2. The highest BCUT2D eigenvalue weighted by atomic mass is 16.3. The zero-order valence-electron chi connectivity index (χ0n) is 20.8. The highest BCUT2D eigenvalue weighted by Gasteiger charge is 2.62. The predicted octanol–water partition coefficient (Wildman–Crippen LogP) is 7.47. The summed E-state index contributed by atoms with van der Waals surface area (Å²) < 4.78 is 0. The van der Waals surface area contributed by atoms with Gasteiger partial charge in [-0.2, -0.15) is 0 Å². The van der Waals surface area contributed by atoms with Gasteiger partial charge in [0, 0.05) is 23.7 Å². The summed E-state index contributed by atoms with van der Waals surface area (Å²) in [6.07, 6.45) is 10.3. The van der Waals surface area contributed by atoms with Crippen molar-refractivity contribution in [3.05, 3.63) is 11.5 Å². The lowest BCUT2D eigenvalue weighted by Gasteiger charge is -2.59. The van der Waals surface area contributed by atoms with Crippen LogP contribution in [0.4, 0.5) is 0 Å². The largest absolute Gasteiger partial charge is 0.509 e. The fourth-order valence-electron chi connectivity index (χ4n) is 8.92. The van der Waals surface area contributed by atoms with Crippen molar-refractivity contribution in [3.8, 4) is 0 Å². The van der Waals surface area contributed by atoms with Gasteiger partial charge in [-0.15, -0.1) is 0 Å². The van der Waals surface area contributed by atoms with E-state index >= 15 is 0 Å². The van der Waals surface area contributed by atoms with Gasteiger partial charge in [0.1, 0.15) is 17.3 Å². The maximum Gasteiger partial charge on any atom is 0.139 e. The Bertz CT molecular complexity index is 739. The molecule has 4 saturated carbocycles. The van der Waals surface area contributed by atoms with Crippen molar-refractivity contribution < 1.29 is 15.0 Å². The number of allylic oxidation sites excluding steroid dienone is 2. The van der Waals surface area contributed by atoms with Crippen LogP contribution in [-0.4, -0.2) is 16.0 Å². The van der Waals surface area contributed by atoms with E-state index in [1.807, 2.05) is 6.92 Å². The molecule has 0 radical (unpaired) electrons. The summed E-state index contributed by atoms with van der Waals surface area (Å²) in [5.74, 6) is 4.16. The summed E-state index contributed by atoms with van der Waals surface area (Å²) in [5.41, 5.74) is 0.121. The molecule has 0 amide bonds. The molecule has 0 aliphatic heterocycles. The van der Waals surface area contributed by atoms with Crippen molar-refractivity contribution >= 4 is 5.78 Å². The first kappa shape index (κ1) is 23.2. The van der Waals surface area contributed by atoms with E-state index in [0.717, 1.165) is 25.7 Å². The molecule has 0 spiro atoms. The molecule has 4 aliphatic rings. The third kappa shape index (κ3) is 3.39. The van der Waals surface area contributed by atoms with Crippen LogP contribution in [0.1, 0.15) is 99.3 Å². The molecular formula is C28H46O3. The molecule has 0 saturated heterocycles. The van der Waals surface area contributed by atoms with Gasteiger partial charge in [0.25, 0.3) is 0 Å². The molecule has 3 nitrogen and oxygen atoms in total. The molecule has 0 aromatic heterocycles. The topological polar surface area (TPSA) is 57.5 Å². The van der Waals surface area contributed by atoms with Crippen LogP contribution in [0.3, 0.4) is 0 Å². The predicted molar refractivity (Wildman–Crippen MR) is 126 cm³/mol. The molecule has 0 bridgehead atoms. The maximum absolute atomic E-state index is 13.2. The van der Waals surface area contributed by atoms with E-state index in [0.29, 0.717) is 41.3 Å². The Kier molecular flexibility index (Phi) is 6.06. The number of hydrogen-bond acceptors (Lipinski definition) is 3. The Morgan fingerprint density at radius 1 is 0.903 bits per heavy atom. The van der Waals surface area contributed by atoms with Gasteiger partial charge in [0.05, 0.1) is 0 Å². The first-order chi connectivity index (χ1) is 14.5. The number of hydrogen-bond donors (Lipinski definition) is 2. The number of Topliss-reactive ketones (excluding diaryl/α,β-unsaturated/α-hetero) is 1. The van der Waals surface area contributed by atoms with Crippen LogP contribution >= 0.6 is 0 Å². The minimum absolute atomic E-state index is 0.00371. The Labute approximate surface area is 190 Å². The number of ketones is 1. The van der Waals surface area contributed by atoms with Gasteiger partial charge in [0.2, 0.25) is 0 Å². The zero-order chi connectivity index (χ0) is 22.7. The number of fused-ring (bicyclic) bond motifs is 5. The molecule has 4 aliphatic carbocycles. The van der Waals surface area contributed by atoms with E-state index in [1.54, 1.807) is 0 Å². The number of carbonyl (C=O) groups excluding carboxylic acids is 1. The van der Waals surface area contributed by atoms with E-state index in [2.05, 4.69) is 34.6 Å². The van der Waals surface area contributed by atoms with Crippen molar-refractivity contribution in [2.75, 3.05) is 0 Å². The lowest BCUT2D eigenvalue weighted by molar-refractivity contribution is -0.156. The van der Waals surface area contributed by atoms with Gasteiger partial charge in [-0.3, -0.25) is 4.79 Å². The lowest BCUT2D eigenvalue weighted by Crippen LogP contribution is -2.56. The molecule has 9 atom stereocenters. The van der Waals surface area contributed by atoms with Crippen molar-refractivity contribution in [2.45, 2.75) is 99.3 Å². The summed E-state index contributed by atoms with van der Waals surface area (Å²) in [7, 11) is 0. The van der Waals surface area contributed by atoms with E-state index in [1.165, 1.54) is 32.1 Å². The van der Waals surface area contributed by atoms with Gasteiger partial charge in [-0.05, 0) is 92.3 Å². The van der Waals surface area contributed by atoms with E-state index in [-0.39, 0.29) is 34.2 Å². The molecule has 1 unspecified atom stereocenters. The Morgan fingerprint density at radius 2 is 1.61 bits per heavy atom. The van der Waals surface area contributed by atoms with Crippen LogP contribution in [0.5, 0.6) is 0 Å². The molecule has 4 fully saturated rings. The molecule has 0 aromatic rings. The number of rotatable bonds is 4. The van der Waals surface area contributed by atoms with Gasteiger partial charge in [-0.1, -0.05) is 41.5 Å². The van der Waals surface area contributed by atoms with Crippen molar-refractivity contribution in [2.24, 2.45) is 58.2 Å². The second-order valence-electron chi connectivity index (χ2n) is 12.6. The zero-order valence-corrected chi connectivity index (χ0v) is 20.8. The lowest BCUT2D eigenvalue weighted by atomic mass is 9.44. The summed E-state index contributed by atoms with van der Waals surface area (Å²) in [5, 5.41) is 21.8. The van der Waals surface area contributed by atoms with Gasteiger partial charge < -0.3 is 10.2 Å². The second kappa shape index (κ2) is 8.10. The standard InChI is InChI=1S/C28H46O3/c1-16(2)17(3)25(30)26(31)18(4)21-12-13-22-20-11-10-19-8-7-9-24(29)28(19,6)23(20)14-15-27(21,22)5/h16-23,30-31H,7-15H2,1-6H3/t17-,18+,19?,20+,21-,22+,23+,27-,28+/m1/s1. The maximum atomic E-state index is 13.2. The van der Waals surface area contributed by atoms with Crippen LogP contribution in [0, 0.1) is 58.2 Å². The Balaban J connectivity index is 1.59. The van der Waals surface area contributed by atoms with Crippen LogP contribution in [-0.2, 0) is 4.79 Å². The van der Waals surface area contributed by atoms with E-state index in [4.69, 9.17) is 0 Å². The van der Waals surface area contributed by atoms with Gasteiger partial charge in [0.15, 0.2) is 0 Å². The molecule has 176 valence electrons. The molecular weight excluding hydrogens is 384 g/mol. The summed E-state index contributed by atoms with van der Waals surface area (Å²) in [6, 6.07) is 0. The Hall–Kier alpha value is -0.990. The smallest absolute Gasteiger partial charge is 0.139 e. The number of aliphatic hydroxyl groups excluding tert-OH is 2. The molecule has 2 N–H and O–H groups in total. The normalized spacial score (nSPS) is 45.4. The molecule has 0 aromatic carbocycles. The summed E-state index contributed by atoms with van der Waals surface area (Å²) in [6.45, 7) is 13.1. The van der Waals surface area contributed by atoms with Crippen molar-refractivity contribution in [1.29, 1.82) is 0 Å². The molecule has 4 rings (SSSR count). The first-order valence-electron chi connectivity index (χ1n) is 13.2. The van der Waals surface area contributed by atoms with Crippen LogP contribution in [0.2, 0.25) is 0 Å². The van der Waals surface area contributed by atoms with Crippen molar-refractivity contribution in [3.63, 3.8) is 0 Å². The fourth-order valence-corrected chi connectivity index (χ4v) is 8.92. The van der Waals surface area contributed by atoms with Crippen LogP contribution < -0.4 is 0 Å². The summed E-state index contributed by atoms with van der Waals surface area (Å²) >= 11 is 0. The SMILES string of the molecule is CC(C)[C@@H](C)C(O)=C(O)[C@@H](C)[C@H]1CC[C@H]2[C@@H]3CCC4CCCC(=O)[C@]4(C)[C@H]3CC[C@]12C. The molecule has 31 heavy (non-hydrogen) atoms. The third-order valence-electron chi connectivity index (χ3n) is 11.3. The average molecular weight is 431 g/mol. The Morgan fingerprint density at radius 3 is 2.29 bits per heavy atom. The van der Waals surface area contributed by atoms with Crippen LogP contribution in [0.25, 0.3) is 0 Å². The van der Waals surface area contributed by atoms with E-state index < -0.39 is 0 Å². The van der Waals surface area contributed by atoms with E-state index in [9.17, 15) is 15.0 Å². The quantitative estimate of drug-likeness (QED) is 0.455. The minimum atomic E-state index is -0.0841. The van der Waals surface area contributed by atoms with Crippen molar-refractivity contribution in [1.82, 2.24) is 0 Å². The monoisotopic (exact) mass is 430 g/mol. The first-order valence-corrected chi connectivity index (χ1v) is 13.2. The second-order valence-corrected chi connectivity index (χ2v) is 12.6. The number of aliphatic hydroxyl groups is 2. The van der Waals surface area contributed by atoms with Gasteiger partial charge >= 0.3 is 0 Å². The fraction of sp³-hybridized carbons (Fsp3) is 0.893. The average Bonchev–Trinajstić information content (AvgIpc) is 3.09. The molecule has 0 heterocycles. The van der Waals surface area contributed by atoms with Crippen LogP contribution in [0.15, 0.2) is 11.5 Å². The molecule has 3 heteroatoms. The minimum Gasteiger partial charge on any atom is -0.509 e. The van der Waals surface area contributed by atoms with Gasteiger partial charge in [-0.25, -0.2) is 0 Å². The number of carbonyl (C=O) groups is 1. The third-order valence-corrected chi connectivity index (χ3v) is 11.3.